The van der Waals surface area contributed by atoms with E-state index in [2.05, 4.69) is 6.92 Å². The zero-order valence-corrected chi connectivity index (χ0v) is 9.72. The molecule has 0 bridgehead atoms. The number of aliphatic hydroxyl groups excluding tert-OH is 3. The zero-order chi connectivity index (χ0) is 7.54. The van der Waals surface area contributed by atoms with E-state index >= 15 is 0 Å². The Morgan fingerprint density at radius 1 is 1.15 bits per heavy atom. The summed E-state index contributed by atoms with van der Waals surface area (Å²) < 4.78 is 0. The van der Waals surface area contributed by atoms with Gasteiger partial charge in [-0.1, -0.05) is 7.43 Å². The van der Waals surface area contributed by atoms with Crippen LogP contribution in [0.1, 0.15) is 21.7 Å². The first-order chi connectivity index (χ1) is 4.33. The third-order valence-corrected chi connectivity index (χ3v) is 0.416. The van der Waals surface area contributed by atoms with Gasteiger partial charge in [0.1, 0.15) is 0 Å². The molecule has 6 heteroatoms. The predicted octanol–water partition coefficient (Wildman–Crippen LogP) is 0.602. The molecular formula is C7H20BO3V2-2. The first-order valence-electron chi connectivity index (χ1n) is 2.80. The topological polar surface area (TPSA) is 60.7 Å². The van der Waals surface area contributed by atoms with Crippen LogP contribution in [-0.2, 0) is 37.1 Å². The average Bonchev–Trinajstić information content (AvgIpc) is 1.91. The Morgan fingerprint density at radius 3 is 1.46 bits per heavy atom. The van der Waals surface area contributed by atoms with Gasteiger partial charge in [-0.3, -0.25) is 0 Å². The zero-order valence-electron chi connectivity index (χ0n) is 6.93. The van der Waals surface area contributed by atoms with Crippen LogP contribution in [0.25, 0.3) is 0 Å². The molecule has 5 radical (unpaired) electrons. The van der Waals surface area contributed by atoms with Gasteiger partial charge in [-0.05, 0) is 0 Å². The van der Waals surface area contributed by atoms with E-state index in [0.29, 0.717) is 12.8 Å². The van der Waals surface area contributed by atoms with Gasteiger partial charge >= 0.3 is 0 Å². The van der Waals surface area contributed by atoms with Crippen molar-refractivity contribution in [3.05, 3.63) is 13.5 Å². The second-order valence-electron chi connectivity index (χ2n) is 1.27. The maximum Gasteiger partial charge on any atom is 0.0179 e. The molecule has 0 aliphatic carbocycles. The minimum absolute atomic E-state index is 0. The van der Waals surface area contributed by atoms with Crippen molar-refractivity contribution in [2.75, 3.05) is 13.2 Å². The summed E-state index contributed by atoms with van der Waals surface area (Å²) >= 11 is 0. The van der Waals surface area contributed by atoms with Crippen molar-refractivity contribution in [2.45, 2.75) is 20.3 Å². The van der Waals surface area contributed by atoms with E-state index < -0.39 is 0 Å². The molecule has 0 aliphatic heterocycles. The SMILES string of the molecule is C.O[CH-]CCO.[2HH].[B].[CH2-]CCO.[V].[V]. The van der Waals surface area contributed by atoms with Crippen molar-refractivity contribution in [1.29, 1.82) is 0 Å². The number of hydrogen-bond acceptors (Lipinski definition) is 3. The van der Waals surface area contributed by atoms with Gasteiger partial charge in [0.05, 0.1) is 0 Å². The van der Waals surface area contributed by atoms with Crippen LogP contribution in [0.5, 0.6) is 0 Å². The van der Waals surface area contributed by atoms with Crippen molar-refractivity contribution >= 4 is 8.41 Å². The van der Waals surface area contributed by atoms with Crippen LogP contribution in [0, 0.1) is 13.5 Å². The van der Waals surface area contributed by atoms with Crippen molar-refractivity contribution in [3.63, 3.8) is 0 Å². The number of rotatable bonds is 3. The molecule has 0 aliphatic rings. The van der Waals surface area contributed by atoms with E-state index in [1.165, 1.54) is 0 Å². The first kappa shape index (κ1) is 36.9. The molecule has 81 valence electrons. The van der Waals surface area contributed by atoms with Crippen LogP contribution in [-0.4, -0.2) is 36.9 Å². The van der Waals surface area contributed by atoms with Gasteiger partial charge in [-0.25, -0.2) is 6.61 Å². The Kier molecular flexibility index (Phi) is 146. The van der Waals surface area contributed by atoms with Gasteiger partial charge in [0.25, 0.3) is 0 Å². The van der Waals surface area contributed by atoms with Crippen LogP contribution in [0.2, 0.25) is 0 Å². The summed E-state index contributed by atoms with van der Waals surface area (Å²) in [4.78, 5) is 0. The van der Waals surface area contributed by atoms with Crippen LogP contribution < -0.4 is 0 Å². The second kappa shape index (κ2) is 51.5. The fraction of sp³-hybridized carbons (Fsp3) is 0.714. The third kappa shape index (κ3) is 95.7. The minimum atomic E-state index is 0. The minimum Gasteiger partial charge on any atom is -0.566 e. The molecule has 0 aromatic carbocycles. The van der Waals surface area contributed by atoms with Crippen molar-refractivity contribution in [1.82, 2.24) is 0 Å². The molecule has 0 aromatic heterocycles. The molecule has 0 saturated carbocycles. The van der Waals surface area contributed by atoms with E-state index in [-0.39, 0.29) is 67.6 Å². The molecule has 3 nitrogen and oxygen atoms in total. The largest absolute Gasteiger partial charge is 0.566 e. The van der Waals surface area contributed by atoms with Gasteiger partial charge in [0.2, 0.25) is 0 Å². The second-order valence-corrected chi connectivity index (χ2v) is 1.27. The number of aliphatic hydroxyl groups is 3. The van der Waals surface area contributed by atoms with E-state index in [9.17, 15) is 0 Å². The van der Waals surface area contributed by atoms with Gasteiger partial charge in [-0.15, -0.1) is 6.42 Å². The van der Waals surface area contributed by atoms with Crippen LogP contribution in [0.4, 0.5) is 0 Å². The van der Waals surface area contributed by atoms with E-state index in [0.717, 1.165) is 6.61 Å². The third-order valence-electron chi connectivity index (χ3n) is 0.416. The molecule has 0 spiro atoms. The molecule has 0 rings (SSSR count). The molecular weight excluding hydrogens is 245 g/mol. The Morgan fingerprint density at radius 2 is 1.46 bits per heavy atom. The van der Waals surface area contributed by atoms with Gasteiger partial charge in [0, 0.05) is 60.2 Å². The summed E-state index contributed by atoms with van der Waals surface area (Å²) in [6.07, 6.45) is 1.00. The average molecular weight is 266 g/mol. The monoisotopic (exact) mass is 266 g/mol. The molecule has 0 fully saturated rings. The summed E-state index contributed by atoms with van der Waals surface area (Å²) in [6.45, 7) is 4.53. The molecule has 0 saturated heterocycles. The maximum absolute atomic E-state index is 7.88. The summed E-state index contributed by atoms with van der Waals surface area (Å²) in [7, 11) is 0. The standard InChI is InChI=1S/C3H7O2.C3H7O.CH4.B.2V.H2/c4-2-1-3-5;1-2-3-4;;;;;/h2,4-5H,1,3H2;4H,1-3H2;1H4;;;;1H/q2*-1;;;;;/i;;;;;;1+1. The first-order valence-corrected chi connectivity index (χ1v) is 2.80. The molecule has 0 aromatic rings. The van der Waals surface area contributed by atoms with Crippen molar-refractivity contribution in [3.8, 4) is 0 Å². The predicted molar refractivity (Wildman–Crippen MR) is 49.6 cm³/mol. The fourth-order valence-corrected chi connectivity index (χ4v) is 0.0577. The van der Waals surface area contributed by atoms with E-state index in [1.807, 2.05) is 0 Å². The maximum atomic E-state index is 7.88. The normalized spacial score (nSPS) is 5.54. The summed E-state index contributed by atoms with van der Waals surface area (Å²) in [5, 5.41) is 23.5. The Labute approximate surface area is 109 Å². The smallest absolute Gasteiger partial charge is 0.0179 e. The van der Waals surface area contributed by atoms with Crippen LogP contribution >= 0.6 is 0 Å². The quantitative estimate of drug-likeness (QED) is 0.518. The molecule has 0 heterocycles. The molecule has 0 atom stereocenters. The Hall–Kier alpha value is 1.11. The van der Waals surface area contributed by atoms with Gasteiger partial charge in [0.15, 0.2) is 0 Å². The molecule has 0 amide bonds. The summed E-state index contributed by atoms with van der Waals surface area (Å²) in [5.74, 6) is 0. The summed E-state index contributed by atoms with van der Waals surface area (Å²) in [6, 6.07) is 0. The fourth-order valence-electron chi connectivity index (χ4n) is 0.0577. The summed E-state index contributed by atoms with van der Waals surface area (Å²) in [5.41, 5.74) is 0. The molecule has 3 N–H and O–H groups in total. The van der Waals surface area contributed by atoms with Gasteiger partial charge in [-0.2, -0.15) is 6.42 Å². The molecule has 13 heavy (non-hydrogen) atoms. The Bertz CT molecular complexity index is 46.1. The van der Waals surface area contributed by atoms with E-state index in [1.54, 1.807) is 0 Å². The van der Waals surface area contributed by atoms with Crippen LogP contribution in [0.15, 0.2) is 0 Å². The van der Waals surface area contributed by atoms with Crippen LogP contribution in [0.3, 0.4) is 0 Å². The van der Waals surface area contributed by atoms with Crippen molar-refractivity contribution < 1.29 is 53.9 Å². The number of hydrogen-bond donors (Lipinski definition) is 3. The van der Waals surface area contributed by atoms with E-state index in [4.69, 9.17) is 15.3 Å². The molecule has 0 unspecified atom stereocenters. The van der Waals surface area contributed by atoms with Crippen molar-refractivity contribution in [2.24, 2.45) is 0 Å². The van der Waals surface area contributed by atoms with Gasteiger partial charge < -0.3 is 22.2 Å². The Balaban J connectivity index is -0.0000000104.